The van der Waals surface area contributed by atoms with E-state index in [1.807, 2.05) is 61.7 Å². The van der Waals surface area contributed by atoms with E-state index in [-0.39, 0.29) is 5.97 Å². The van der Waals surface area contributed by atoms with Crippen LogP contribution in [-0.2, 0) is 9.53 Å². The standard InChI is InChI=1S/C21H25N3O2/c1-16(8-6-7-11-21(25)26-2)24-20-14-18(22)12-13-19(20)23-15-17-9-4-3-5-10-17/h3-5,9-10,12-15H,6-8,11,22H2,1-2H3/b23-15+,24-16+. The summed E-state index contributed by atoms with van der Waals surface area (Å²) < 4.78 is 4.65. The fourth-order valence-corrected chi connectivity index (χ4v) is 2.44. The van der Waals surface area contributed by atoms with Gasteiger partial charge in [-0.2, -0.15) is 0 Å². The van der Waals surface area contributed by atoms with Gasteiger partial charge >= 0.3 is 5.97 Å². The van der Waals surface area contributed by atoms with Gasteiger partial charge in [0.15, 0.2) is 0 Å². The minimum Gasteiger partial charge on any atom is -0.469 e. The maximum atomic E-state index is 11.1. The van der Waals surface area contributed by atoms with E-state index in [0.717, 1.165) is 41.9 Å². The second kappa shape index (κ2) is 10.1. The molecule has 2 N–H and O–H groups in total. The van der Waals surface area contributed by atoms with Gasteiger partial charge in [0, 0.05) is 24.0 Å². The maximum absolute atomic E-state index is 11.1. The number of methoxy groups -OCH3 is 1. The summed E-state index contributed by atoms with van der Waals surface area (Å²) in [5, 5.41) is 0. The number of benzene rings is 2. The fourth-order valence-electron chi connectivity index (χ4n) is 2.44. The Morgan fingerprint density at radius 2 is 1.81 bits per heavy atom. The van der Waals surface area contributed by atoms with Crippen molar-refractivity contribution in [3.05, 3.63) is 54.1 Å². The van der Waals surface area contributed by atoms with Crippen LogP contribution in [0.4, 0.5) is 17.1 Å². The van der Waals surface area contributed by atoms with Crippen LogP contribution in [0, 0.1) is 0 Å². The second-order valence-corrected chi connectivity index (χ2v) is 6.05. The summed E-state index contributed by atoms with van der Waals surface area (Å²) in [5.41, 5.74) is 10.1. The van der Waals surface area contributed by atoms with Gasteiger partial charge in [0.25, 0.3) is 0 Å². The summed E-state index contributed by atoms with van der Waals surface area (Å²) in [6, 6.07) is 15.4. The van der Waals surface area contributed by atoms with Crippen LogP contribution < -0.4 is 5.73 Å². The minimum absolute atomic E-state index is 0.173. The Balaban J connectivity index is 2.06. The van der Waals surface area contributed by atoms with Gasteiger partial charge in [-0.15, -0.1) is 0 Å². The Bertz CT molecular complexity index is 783. The minimum atomic E-state index is -0.173. The highest BCUT2D eigenvalue weighted by molar-refractivity contribution is 5.89. The van der Waals surface area contributed by atoms with Gasteiger partial charge in [0.05, 0.1) is 18.5 Å². The summed E-state index contributed by atoms with van der Waals surface area (Å²) in [5.74, 6) is -0.173. The molecule has 5 nitrogen and oxygen atoms in total. The number of hydrogen-bond donors (Lipinski definition) is 1. The van der Waals surface area contributed by atoms with Crippen LogP contribution in [0.3, 0.4) is 0 Å². The van der Waals surface area contributed by atoms with Crippen molar-refractivity contribution >= 4 is 35.0 Å². The van der Waals surface area contributed by atoms with Crippen molar-refractivity contribution in [3.8, 4) is 0 Å². The zero-order chi connectivity index (χ0) is 18.8. The number of aliphatic imine (C=N–C) groups is 2. The average molecular weight is 351 g/mol. The van der Waals surface area contributed by atoms with E-state index in [2.05, 4.69) is 14.7 Å². The number of carbonyl (C=O) groups is 1. The first-order valence-electron chi connectivity index (χ1n) is 8.68. The largest absolute Gasteiger partial charge is 0.469 e. The number of ether oxygens (including phenoxy) is 1. The third-order valence-corrected chi connectivity index (χ3v) is 3.86. The van der Waals surface area contributed by atoms with Crippen LogP contribution in [0.5, 0.6) is 0 Å². The van der Waals surface area contributed by atoms with E-state index in [0.29, 0.717) is 12.1 Å². The lowest BCUT2D eigenvalue weighted by Gasteiger charge is -2.05. The number of nitrogens with zero attached hydrogens (tertiary/aromatic N) is 2. The van der Waals surface area contributed by atoms with Gasteiger partial charge in [0.2, 0.25) is 0 Å². The zero-order valence-electron chi connectivity index (χ0n) is 15.3. The van der Waals surface area contributed by atoms with E-state index in [1.165, 1.54) is 7.11 Å². The van der Waals surface area contributed by atoms with Crippen molar-refractivity contribution in [2.75, 3.05) is 12.8 Å². The van der Waals surface area contributed by atoms with Crippen molar-refractivity contribution in [1.82, 2.24) is 0 Å². The molecule has 0 aliphatic heterocycles. The first kappa shape index (κ1) is 19.4. The molecule has 0 radical (unpaired) electrons. The fraction of sp³-hybridized carbons (Fsp3) is 0.286. The quantitative estimate of drug-likeness (QED) is 0.320. The number of carbonyl (C=O) groups excluding carboxylic acids is 1. The van der Waals surface area contributed by atoms with Gasteiger partial charge in [-0.3, -0.25) is 14.8 Å². The predicted octanol–water partition coefficient (Wildman–Crippen LogP) is 4.85. The van der Waals surface area contributed by atoms with Crippen LogP contribution in [0.25, 0.3) is 0 Å². The monoisotopic (exact) mass is 351 g/mol. The van der Waals surface area contributed by atoms with Crippen molar-refractivity contribution in [2.24, 2.45) is 9.98 Å². The van der Waals surface area contributed by atoms with Crippen molar-refractivity contribution in [2.45, 2.75) is 32.6 Å². The van der Waals surface area contributed by atoms with E-state index in [9.17, 15) is 4.79 Å². The zero-order valence-corrected chi connectivity index (χ0v) is 15.3. The molecule has 0 bridgehead atoms. The number of unbranched alkanes of at least 4 members (excludes halogenated alkanes) is 1. The van der Waals surface area contributed by atoms with Crippen LogP contribution in [0.1, 0.15) is 38.2 Å². The molecule has 26 heavy (non-hydrogen) atoms. The summed E-state index contributed by atoms with van der Waals surface area (Å²) in [6.45, 7) is 1.98. The summed E-state index contributed by atoms with van der Waals surface area (Å²) in [7, 11) is 1.41. The maximum Gasteiger partial charge on any atom is 0.305 e. The van der Waals surface area contributed by atoms with Gasteiger partial charge < -0.3 is 10.5 Å². The molecule has 2 aromatic carbocycles. The van der Waals surface area contributed by atoms with Gasteiger partial charge in [-0.05, 0) is 49.9 Å². The molecular weight excluding hydrogens is 326 g/mol. The van der Waals surface area contributed by atoms with Gasteiger partial charge in [-0.25, -0.2) is 0 Å². The molecule has 0 heterocycles. The van der Waals surface area contributed by atoms with Gasteiger partial charge in [0.1, 0.15) is 0 Å². The summed E-state index contributed by atoms with van der Waals surface area (Å²) in [6.07, 6.45) is 4.74. The first-order valence-corrected chi connectivity index (χ1v) is 8.68. The lowest BCUT2D eigenvalue weighted by atomic mass is 10.1. The second-order valence-electron chi connectivity index (χ2n) is 6.05. The third-order valence-electron chi connectivity index (χ3n) is 3.86. The molecule has 0 spiro atoms. The molecule has 136 valence electrons. The highest BCUT2D eigenvalue weighted by Gasteiger charge is 2.03. The number of nitrogens with two attached hydrogens (primary N) is 1. The molecule has 2 aromatic rings. The molecular formula is C21H25N3O2. The predicted molar refractivity (Wildman–Crippen MR) is 108 cm³/mol. The van der Waals surface area contributed by atoms with Gasteiger partial charge in [-0.1, -0.05) is 30.3 Å². The Labute approximate surface area is 154 Å². The molecule has 0 unspecified atom stereocenters. The van der Waals surface area contributed by atoms with E-state index in [4.69, 9.17) is 5.73 Å². The molecule has 0 saturated carbocycles. The number of nitrogen functional groups attached to an aromatic ring is 1. The van der Waals surface area contributed by atoms with E-state index in [1.54, 1.807) is 0 Å². The number of esters is 1. The summed E-state index contributed by atoms with van der Waals surface area (Å²) >= 11 is 0. The van der Waals surface area contributed by atoms with Crippen LogP contribution in [-0.4, -0.2) is 25.0 Å². The number of rotatable bonds is 8. The Hall–Kier alpha value is -2.95. The third kappa shape index (κ3) is 6.51. The summed E-state index contributed by atoms with van der Waals surface area (Å²) in [4.78, 5) is 20.4. The Morgan fingerprint density at radius 3 is 2.54 bits per heavy atom. The number of anilines is 1. The molecule has 0 saturated heterocycles. The molecule has 5 heteroatoms. The normalized spacial score (nSPS) is 11.7. The molecule has 0 aliphatic rings. The Kier molecular flexibility index (Phi) is 7.55. The van der Waals surface area contributed by atoms with Crippen LogP contribution in [0.15, 0.2) is 58.5 Å². The lowest BCUT2D eigenvalue weighted by Crippen LogP contribution is -2.00. The number of hydrogen-bond acceptors (Lipinski definition) is 5. The molecule has 0 fully saturated rings. The Morgan fingerprint density at radius 1 is 1.08 bits per heavy atom. The molecule has 0 aromatic heterocycles. The smallest absolute Gasteiger partial charge is 0.305 e. The van der Waals surface area contributed by atoms with Crippen molar-refractivity contribution in [3.63, 3.8) is 0 Å². The van der Waals surface area contributed by atoms with E-state index >= 15 is 0 Å². The average Bonchev–Trinajstić information content (AvgIpc) is 2.65. The van der Waals surface area contributed by atoms with Crippen molar-refractivity contribution < 1.29 is 9.53 Å². The molecule has 2 rings (SSSR count). The molecule has 0 amide bonds. The topological polar surface area (TPSA) is 77.0 Å². The first-order chi connectivity index (χ1) is 12.6. The highest BCUT2D eigenvalue weighted by Crippen LogP contribution is 2.30. The SMILES string of the molecule is COC(=O)CCCC/C(C)=N/c1cc(N)ccc1/N=C/c1ccccc1. The lowest BCUT2D eigenvalue weighted by molar-refractivity contribution is -0.140. The van der Waals surface area contributed by atoms with Crippen LogP contribution >= 0.6 is 0 Å². The van der Waals surface area contributed by atoms with E-state index < -0.39 is 0 Å². The molecule has 0 atom stereocenters. The highest BCUT2D eigenvalue weighted by atomic mass is 16.5. The van der Waals surface area contributed by atoms with Crippen LogP contribution in [0.2, 0.25) is 0 Å². The molecule has 0 aliphatic carbocycles. The van der Waals surface area contributed by atoms with Crippen molar-refractivity contribution in [1.29, 1.82) is 0 Å².